The van der Waals surface area contributed by atoms with Crippen LogP contribution in [0.4, 0.5) is 5.69 Å². The number of anilines is 1. The molecule has 0 aliphatic rings. The maximum absolute atomic E-state index is 13.3. The molecule has 0 fully saturated rings. The van der Waals surface area contributed by atoms with E-state index in [1.807, 2.05) is 18.2 Å². The van der Waals surface area contributed by atoms with Gasteiger partial charge in [-0.25, -0.2) is 4.79 Å². The van der Waals surface area contributed by atoms with E-state index in [9.17, 15) is 14.4 Å². The van der Waals surface area contributed by atoms with Gasteiger partial charge in [0.25, 0.3) is 11.7 Å². The lowest BCUT2D eigenvalue weighted by Gasteiger charge is -2.10. The van der Waals surface area contributed by atoms with Gasteiger partial charge >= 0.3 is 5.97 Å². The van der Waals surface area contributed by atoms with Crippen LogP contribution >= 0.6 is 11.6 Å². The average Bonchev–Trinajstić information content (AvgIpc) is 3.18. The summed E-state index contributed by atoms with van der Waals surface area (Å²) < 4.78 is 6.41. The number of nitrogens with one attached hydrogen (secondary N) is 1. The van der Waals surface area contributed by atoms with Crippen molar-refractivity contribution in [1.82, 2.24) is 4.40 Å². The van der Waals surface area contributed by atoms with E-state index in [2.05, 4.69) is 5.32 Å². The van der Waals surface area contributed by atoms with E-state index in [-0.39, 0.29) is 16.9 Å². The molecule has 2 aromatic heterocycles. The highest BCUT2D eigenvalue weighted by atomic mass is 35.5. The minimum atomic E-state index is -0.865. The summed E-state index contributed by atoms with van der Waals surface area (Å²) in [5.41, 5.74) is 2.68. The van der Waals surface area contributed by atoms with Crippen LogP contribution in [0.1, 0.15) is 20.8 Å². The molecule has 0 aliphatic heterocycles. The lowest BCUT2D eigenvalue weighted by Crippen LogP contribution is -2.25. The summed E-state index contributed by atoms with van der Waals surface area (Å²) in [6, 6.07) is 20.7. The first-order valence-corrected chi connectivity index (χ1v) is 9.76. The summed E-state index contributed by atoms with van der Waals surface area (Å²) in [6.07, 6.45) is 1.72. The van der Waals surface area contributed by atoms with Crippen molar-refractivity contribution in [2.45, 2.75) is 0 Å². The highest BCUT2D eigenvalue weighted by Gasteiger charge is 2.26. The molecule has 0 saturated heterocycles. The van der Waals surface area contributed by atoms with E-state index in [1.54, 1.807) is 53.1 Å². The molecule has 0 unspecified atom stereocenters. The van der Waals surface area contributed by atoms with Gasteiger partial charge in [0.15, 0.2) is 0 Å². The van der Waals surface area contributed by atoms with Gasteiger partial charge in [-0.3, -0.25) is 9.59 Å². The number of nitrogens with zero attached hydrogens (tertiary/aromatic N) is 1. The van der Waals surface area contributed by atoms with Crippen LogP contribution in [0.5, 0.6) is 0 Å². The van der Waals surface area contributed by atoms with Crippen LogP contribution in [0.25, 0.3) is 16.6 Å². The van der Waals surface area contributed by atoms with Gasteiger partial charge < -0.3 is 14.5 Å². The fourth-order valence-electron chi connectivity index (χ4n) is 3.37. The molecule has 1 N–H and O–H groups in total. The molecule has 0 aliphatic carbocycles. The molecule has 0 spiro atoms. The molecule has 0 atom stereocenters. The first-order valence-electron chi connectivity index (χ1n) is 9.38. The number of methoxy groups -OCH3 is 1. The molecule has 0 bridgehead atoms. The first kappa shape index (κ1) is 20.4. The van der Waals surface area contributed by atoms with Gasteiger partial charge in [0.2, 0.25) is 0 Å². The van der Waals surface area contributed by atoms with Crippen LogP contribution in [0.2, 0.25) is 5.02 Å². The van der Waals surface area contributed by atoms with E-state index in [4.69, 9.17) is 16.3 Å². The zero-order valence-electron chi connectivity index (χ0n) is 16.5. The van der Waals surface area contributed by atoms with E-state index >= 15 is 0 Å². The lowest BCUT2D eigenvalue weighted by atomic mass is 10.0. The predicted molar refractivity (Wildman–Crippen MR) is 119 cm³/mol. The molecule has 0 radical (unpaired) electrons. The Morgan fingerprint density at radius 3 is 2.39 bits per heavy atom. The number of carbonyl (C=O) groups is 3. The first-order chi connectivity index (χ1) is 15.0. The van der Waals surface area contributed by atoms with Crippen LogP contribution in [0.15, 0.2) is 79.0 Å². The van der Waals surface area contributed by atoms with Crippen LogP contribution in [-0.2, 0) is 9.53 Å². The summed E-state index contributed by atoms with van der Waals surface area (Å²) in [5, 5.41) is 3.11. The maximum Gasteiger partial charge on any atom is 0.339 e. The minimum Gasteiger partial charge on any atom is -0.465 e. The summed E-state index contributed by atoms with van der Waals surface area (Å²) in [7, 11) is 1.25. The summed E-state index contributed by atoms with van der Waals surface area (Å²) >= 11 is 6.00. The third-order valence-electron chi connectivity index (χ3n) is 4.84. The molecule has 1 amide bonds. The molecule has 31 heavy (non-hydrogen) atoms. The number of rotatable bonds is 5. The lowest BCUT2D eigenvalue weighted by molar-refractivity contribution is -0.112. The quantitative estimate of drug-likeness (QED) is 0.277. The smallest absolute Gasteiger partial charge is 0.339 e. The van der Waals surface area contributed by atoms with Gasteiger partial charge in [0.1, 0.15) is 5.69 Å². The van der Waals surface area contributed by atoms with Crippen LogP contribution in [0.3, 0.4) is 0 Å². The normalized spacial score (nSPS) is 10.6. The van der Waals surface area contributed by atoms with Crippen molar-refractivity contribution in [2.75, 3.05) is 12.4 Å². The van der Waals surface area contributed by atoms with E-state index < -0.39 is 17.7 Å². The van der Waals surface area contributed by atoms with Gasteiger partial charge in [0, 0.05) is 22.3 Å². The number of ketones is 1. The fourth-order valence-corrected chi connectivity index (χ4v) is 3.50. The topological polar surface area (TPSA) is 76.9 Å². The summed E-state index contributed by atoms with van der Waals surface area (Å²) in [6.45, 7) is 0. The van der Waals surface area contributed by atoms with Gasteiger partial charge in [-0.1, -0.05) is 41.9 Å². The van der Waals surface area contributed by atoms with Crippen molar-refractivity contribution in [3.05, 3.63) is 95.3 Å². The number of hydrogen-bond donors (Lipinski definition) is 1. The summed E-state index contributed by atoms with van der Waals surface area (Å²) in [4.78, 5) is 38.2. The molecule has 154 valence electrons. The van der Waals surface area contributed by atoms with Crippen LogP contribution in [0, 0.1) is 0 Å². The number of benzene rings is 2. The molecule has 4 rings (SSSR count). The monoisotopic (exact) mass is 432 g/mol. The molecule has 7 heteroatoms. The molecule has 0 saturated carbocycles. The zero-order chi connectivity index (χ0) is 22.0. The molecule has 6 nitrogen and oxygen atoms in total. The molecule has 2 aromatic carbocycles. The Bertz CT molecular complexity index is 1310. The third-order valence-corrected chi connectivity index (χ3v) is 5.09. The number of ether oxygens (including phenoxy) is 1. The van der Waals surface area contributed by atoms with Crippen LogP contribution < -0.4 is 5.32 Å². The van der Waals surface area contributed by atoms with Crippen molar-refractivity contribution < 1.29 is 19.1 Å². The summed E-state index contributed by atoms with van der Waals surface area (Å²) in [5.74, 6) is -2.22. The van der Waals surface area contributed by atoms with Gasteiger partial charge in [0.05, 0.1) is 18.4 Å². The molecular weight excluding hydrogens is 416 g/mol. The Kier molecular flexibility index (Phi) is 5.56. The van der Waals surface area contributed by atoms with Crippen molar-refractivity contribution in [3.63, 3.8) is 0 Å². The average molecular weight is 433 g/mol. The Balaban J connectivity index is 1.76. The highest BCUT2D eigenvalue weighted by molar-refractivity contribution is 6.47. The second kappa shape index (κ2) is 8.45. The predicted octanol–water partition coefficient (Wildman–Crippen LogP) is 4.87. The second-order valence-electron chi connectivity index (χ2n) is 6.73. The largest absolute Gasteiger partial charge is 0.465 e. The number of pyridine rings is 1. The zero-order valence-corrected chi connectivity index (χ0v) is 17.2. The molecule has 2 heterocycles. The van der Waals surface area contributed by atoms with Crippen molar-refractivity contribution in [3.8, 4) is 11.1 Å². The van der Waals surface area contributed by atoms with Crippen molar-refractivity contribution in [2.24, 2.45) is 0 Å². The highest BCUT2D eigenvalue weighted by Crippen LogP contribution is 2.29. The standard InChI is InChI=1S/C24H17ClN2O4/c1-31-24(30)18-7-2-3-8-20(18)26-23(29)22(28)21-19(15-9-11-16(25)12-10-15)14-17-6-4-5-13-27(17)21/h2-14H,1H3,(H,26,29). The minimum absolute atomic E-state index is 0.157. The van der Waals surface area contributed by atoms with Crippen molar-refractivity contribution in [1.29, 1.82) is 0 Å². The third kappa shape index (κ3) is 3.93. The maximum atomic E-state index is 13.3. The van der Waals surface area contributed by atoms with Gasteiger partial charge in [-0.05, 0) is 48.0 Å². The number of halogens is 1. The number of carbonyl (C=O) groups excluding carboxylic acids is 3. The molecular formula is C24H17ClN2O4. The Morgan fingerprint density at radius 2 is 1.65 bits per heavy atom. The van der Waals surface area contributed by atoms with Gasteiger partial charge in [-0.15, -0.1) is 0 Å². The number of amides is 1. The number of Topliss-reactive ketones (excluding diaryl/α,β-unsaturated/α-hetero) is 1. The van der Waals surface area contributed by atoms with E-state index in [0.717, 1.165) is 11.1 Å². The van der Waals surface area contributed by atoms with E-state index in [0.29, 0.717) is 10.6 Å². The number of fused-ring (bicyclic) bond motifs is 1. The Morgan fingerprint density at radius 1 is 0.935 bits per heavy atom. The van der Waals surface area contributed by atoms with Gasteiger partial charge in [-0.2, -0.15) is 0 Å². The fraction of sp³-hybridized carbons (Fsp3) is 0.0417. The second-order valence-corrected chi connectivity index (χ2v) is 7.17. The van der Waals surface area contributed by atoms with Crippen LogP contribution in [-0.4, -0.2) is 29.2 Å². The number of hydrogen-bond acceptors (Lipinski definition) is 4. The Labute approximate surface area is 183 Å². The number of esters is 1. The van der Waals surface area contributed by atoms with Crippen molar-refractivity contribution >= 4 is 40.5 Å². The molecule has 4 aromatic rings. The Hall–Kier alpha value is -3.90. The number of para-hydroxylation sites is 1. The van der Waals surface area contributed by atoms with E-state index in [1.165, 1.54) is 19.2 Å². The SMILES string of the molecule is COC(=O)c1ccccc1NC(=O)C(=O)c1c(-c2ccc(Cl)cc2)cc2ccccn12. The number of aromatic nitrogens is 1.